The maximum Gasteiger partial charge on any atom is 0.319 e. The number of rotatable bonds is 5. The lowest BCUT2D eigenvalue weighted by molar-refractivity contribution is -0.149. The van der Waals surface area contributed by atoms with Gasteiger partial charge in [0.15, 0.2) is 0 Å². The molecular formula is C14H17NO4. The number of benzene rings is 1. The Morgan fingerprint density at radius 1 is 1.37 bits per heavy atom. The first-order chi connectivity index (χ1) is 8.98. The van der Waals surface area contributed by atoms with E-state index in [-0.39, 0.29) is 0 Å². The van der Waals surface area contributed by atoms with Crippen molar-refractivity contribution in [2.45, 2.75) is 26.3 Å². The molecule has 1 aliphatic carbocycles. The first kappa shape index (κ1) is 13.4. The first-order valence-corrected chi connectivity index (χ1v) is 6.14. The summed E-state index contributed by atoms with van der Waals surface area (Å²) in [4.78, 5) is 22.9. The summed E-state index contributed by atoms with van der Waals surface area (Å²) < 4.78 is 5.15. The van der Waals surface area contributed by atoms with Crippen LogP contribution in [0.4, 0.5) is 0 Å². The highest BCUT2D eigenvalue weighted by Gasteiger charge is 2.56. The molecule has 0 spiro atoms. The van der Waals surface area contributed by atoms with Crippen LogP contribution >= 0.6 is 0 Å². The Kier molecular flexibility index (Phi) is 3.46. The number of methoxy groups -OCH3 is 1. The Morgan fingerprint density at radius 3 is 2.58 bits per heavy atom. The van der Waals surface area contributed by atoms with Gasteiger partial charge in [-0.05, 0) is 43.0 Å². The minimum atomic E-state index is -1.19. The molecule has 0 unspecified atom stereocenters. The zero-order chi connectivity index (χ0) is 14.0. The van der Waals surface area contributed by atoms with E-state index in [0.717, 1.165) is 16.9 Å². The monoisotopic (exact) mass is 263 g/mol. The van der Waals surface area contributed by atoms with Crippen LogP contribution in [0.15, 0.2) is 18.2 Å². The van der Waals surface area contributed by atoms with Gasteiger partial charge in [-0.1, -0.05) is 6.07 Å². The molecule has 1 amide bonds. The van der Waals surface area contributed by atoms with Crippen molar-refractivity contribution in [3.05, 3.63) is 29.3 Å². The fourth-order valence-corrected chi connectivity index (χ4v) is 2.06. The van der Waals surface area contributed by atoms with E-state index >= 15 is 0 Å². The van der Waals surface area contributed by atoms with Crippen molar-refractivity contribution < 1.29 is 19.4 Å². The minimum Gasteiger partial charge on any atom is -0.497 e. The van der Waals surface area contributed by atoms with Crippen LogP contribution in [0.3, 0.4) is 0 Å². The van der Waals surface area contributed by atoms with Gasteiger partial charge in [-0.15, -0.1) is 0 Å². The van der Waals surface area contributed by atoms with Crippen LogP contribution in [0.2, 0.25) is 0 Å². The summed E-state index contributed by atoms with van der Waals surface area (Å²) in [5.41, 5.74) is 0.739. The average molecular weight is 263 g/mol. The summed E-state index contributed by atoms with van der Waals surface area (Å²) in [6, 6.07) is 5.65. The van der Waals surface area contributed by atoms with Gasteiger partial charge in [0.2, 0.25) is 5.91 Å². The number of amides is 1. The molecule has 1 aliphatic rings. The number of aryl methyl sites for hydroxylation is 1. The van der Waals surface area contributed by atoms with E-state index in [0.29, 0.717) is 19.4 Å². The second kappa shape index (κ2) is 4.91. The van der Waals surface area contributed by atoms with Crippen molar-refractivity contribution in [3.63, 3.8) is 0 Å². The summed E-state index contributed by atoms with van der Waals surface area (Å²) in [5, 5.41) is 11.7. The van der Waals surface area contributed by atoms with E-state index < -0.39 is 17.3 Å². The van der Waals surface area contributed by atoms with E-state index in [9.17, 15) is 9.59 Å². The van der Waals surface area contributed by atoms with Crippen molar-refractivity contribution in [2.24, 2.45) is 5.41 Å². The van der Waals surface area contributed by atoms with Gasteiger partial charge in [-0.25, -0.2) is 0 Å². The molecule has 0 saturated heterocycles. The fraction of sp³-hybridized carbons (Fsp3) is 0.429. The zero-order valence-corrected chi connectivity index (χ0v) is 11.0. The summed E-state index contributed by atoms with van der Waals surface area (Å²) in [7, 11) is 1.58. The Bertz CT molecular complexity index is 520. The average Bonchev–Trinajstić information content (AvgIpc) is 3.16. The fourth-order valence-electron chi connectivity index (χ4n) is 2.06. The van der Waals surface area contributed by atoms with Crippen LogP contribution in [0.1, 0.15) is 24.0 Å². The number of nitrogens with one attached hydrogen (secondary N) is 1. The Hall–Kier alpha value is -2.04. The molecule has 5 heteroatoms. The van der Waals surface area contributed by atoms with Crippen molar-refractivity contribution in [1.29, 1.82) is 0 Å². The SMILES string of the molecule is COc1cc(C)cc(CNC(=O)C2(C(=O)O)CC2)c1. The van der Waals surface area contributed by atoms with Crippen molar-refractivity contribution in [3.8, 4) is 5.75 Å². The third-order valence-corrected chi connectivity index (χ3v) is 3.39. The maximum absolute atomic E-state index is 11.9. The predicted molar refractivity (Wildman–Crippen MR) is 68.9 cm³/mol. The lowest BCUT2D eigenvalue weighted by Crippen LogP contribution is -2.36. The number of ether oxygens (including phenoxy) is 1. The molecule has 0 heterocycles. The van der Waals surface area contributed by atoms with E-state index in [4.69, 9.17) is 9.84 Å². The molecule has 0 aliphatic heterocycles. The Morgan fingerprint density at radius 2 is 2.05 bits per heavy atom. The molecule has 0 atom stereocenters. The van der Waals surface area contributed by atoms with E-state index in [2.05, 4.69) is 5.32 Å². The number of hydrogen-bond acceptors (Lipinski definition) is 3. The normalized spacial score (nSPS) is 15.7. The van der Waals surface area contributed by atoms with E-state index in [1.807, 2.05) is 25.1 Å². The van der Waals surface area contributed by atoms with Crippen molar-refractivity contribution in [2.75, 3.05) is 7.11 Å². The molecule has 1 aromatic rings. The topological polar surface area (TPSA) is 75.6 Å². The van der Waals surface area contributed by atoms with Crippen LogP contribution < -0.4 is 10.1 Å². The molecule has 0 aromatic heterocycles. The number of carboxylic acids is 1. The minimum absolute atomic E-state index is 0.311. The third-order valence-electron chi connectivity index (χ3n) is 3.39. The van der Waals surface area contributed by atoms with E-state index in [1.54, 1.807) is 7.11 Å². The van der Waals surface area contributed by atoms with Crippen LogP contribution in [0.5, 0.6) is 5.75 Å². The highest BCUT2D eigenvalue weighted by atomic mass is 16.5. The van der Waals surface area contributed by atoms with Gasteiger partial charge in [-0.2, -0.15) is 0 Å². The first-order valence-electron chi connectivity index (χ1n) is 6.14. The molecule has 0 bridgehead atoms. The van der Waals surface area contributed by atoms with Gasteiger partial charge in [0.1, 0.15) is 11.2 Å². The van der Waals surface area contributed by atoms with E-state index in [1.165, 1.54) is 0 Å². The Labute approximate surface area is 111 Å². The number of carbonyl (C=O) groups excluding carboxylic acids is 1. The molecule has 1 fully saturated rings. The second-order valence-electron chi connectivity index (χ2n) is 4.93. The molecule has 1 saturated carbocycles. The molecule has 19 heavy (non-hydrogen) atoms. The van der Waals surface area contributed by atoms with Crippen LogP contribution in [-0.4, -0.2) is 24.1 Å². The quantitative estimate of drug-likeness (QED) is 0.789. The van der Waals surface area contributed by atoms with Crippen molar-refractivity contribution >= 4 is 11.9 Å². The predicted octanol–water partition coefficient (Wildman–Crippen LogP) is 1.48. The largest absolute Gasteiger partial charge is 0.497 e. The smallest absolute Gasteiger partial charge is 0.319 e. The van der Waals surface area contributed by atoms with Gasteiger partial charge in [0, 0.05) is 6.54 Å². The van der Waals surface area contributed by atoms with Crippen LogP contribution in [0.25, 0.3) is 0 Å². The van der Waals surface area contributed by atoms with Gasteiger partial charge >= 0.3 is 5.97 Å². The number of carbonyl (C=O) groups is 2. The van der Waals surface area contributed by atoms with Crippen LogP contribution in [-0.2, 0) is 16.1 Å². The molecule has 1 aromatic carbocycles. The molecule has 0 radical (unpaired) electrons. The number of carboxylic acid groups (broad SMARTS) is 1. The summed E-state index contributed by atoms with van der Waals surface area (Å²) >= 11 is 0. The number of hydrogen-bond donors (Lipinski definition) is 2. The van der Waals surface area contributed by atoms with Gasteiger partial charge in [0.25, 0.3) is 0 Å². The highest BCUT2D eigenvalue weighted by molar-refractivity contribution is 6.04. The molecule has 2 rings (SSSR count). The molecular weight excluding hydrogens is 246 g/mol. The maximum atomic E-state index is 11.9. The lowest BCUT2D eigenvalue weighted by Gasteiger charge is -2.12. The second-order valence-corrected chi connectivity index (χ2v) is 4.93. The molecule has 5 nitrogen and oxygen atoms in total. The molecule has 102 valence electrons. The summed E-state index contributed by atoms with van der Waals surface area (Å²) in [5.74, 6) is -0.712. The summed E-state index contributed by atoms with van der Waals surface area (Å²) in [6.07, 6.45) is 0.844. The zero-order valence-electron chi connectivity index (χ0n) is 11.0. The number of aliphatic carboxylic acids is 1. The standard InChI is InChI=1S/C14H17NO4/c1-9-5-10(7-11(6-9)19-2)8-15-12(16)14(3-4-14)13(17)18/h5-7H,3-4,8H2,1-2H3,(H,15,16)(H,17,18). The van der Waals surface area contributed by atoms with Crippen molar-refractivity contribution in [1.82, 2.24) is 5.32 Å². The third kappa shape index (κ3) is 2.70. The Balaban J connectivity index is 2.01. The van der Waals surface area contributed by atoms with Crippen LogP contribution in [0, 0.1) is 12.3 Å². The van der Waals surface area contributed by atoms with Gasteiger partial charge < -0.3 is 15.2 Å². The summed E-state index contributed by atoms with van der Waals surface area (Å²) in [6.45, 7) is 2.25. The van der Waals surface area contributed by atoms with Gasteiger partial charge in [-0.3, -0.25) is 9.59 Å². The molecule has 2 N–H and O–H groups in total. The lowest BCUT2D eigenvalue weighted by atomic mass is 10.1. The van der Waals surface area contributed by atoms with Gasteiger partial charge in [0.05, 0.1) is 7.11 Å². The highest BCUT2D eigenvalue weighted by Crippen LogP contribution is 2.46.